The lowest BCUT2D eigenvalue weighted by Gasteiger charge is -2.29. The van der Waals surface area contributed by atoms with Crippen LogP contribution in [0.5, 0.6) is 0 Å². The van der Waals surface area contributed by atoms with Crippen molar-refractivity contribution in [1.29, 1.82) is 0 Å². The van der Waals surface area contributed by atoms with Crippen molar-refractivity contribution in [3.05, 3.63) is 0 Å². The third kappa shape index (κ3) is 5.77. The molecule has 0 spiro atoms. The molecule has 5 heteroatoms. The third-order valence-corrected chi connectivity index (χ3v) is 1.61. The topological polar surface area (TPSA) is 78.8 Å². The number of carboxylic acid groups (broad SMARTS) is 1. The average Bonchev–Trinajstić information content (AvgIpc) is 1.96. The minimum Gasteiger partial charge on any atom is -0.465 e. The number of hydrogen-bond acceptors (Lipinski definition) is 3. The van der Waals surface area contributed by atoms with Crippen LogP contribution >= 0.6 is 0 Å². The first-order chi connectivity index (χ1) is 6.26. The molecule has 0 aromatic carbocycles. The van der Waals surface area contributed by atoms with E-state index < -0.39 is 12.1 Å². The fourth-order valence-electron chi connectivity index (χ4n) is 1.11. The summed E-state index contributed by atoms with van der Waals surface area (Å²) in [5, 5.41) is 19.6. The highest BCUT2D eigenvalue weighted by atomic mass is 16.5. The molecule has 0 unspecified atom stereocenters. The molecule has 0 aromatic rings. The van der Waals surface area contributed by atoms with Crippen LogP contribution in [0.15, 0.2) is 0 Å². The van der Waals surface area contributed by atoms with Crippen LogP contribution in [-0.2, 0) is 4.74 Å². The Morgan fingerprint density at radius 3 is 2.29 bits per heavy atom. The van der Waals surface area contributed by atoms with Crippen LogP contribution in [0, 0.1) is 0 Å². The van der Waals surface area contributed by atoms with E-state index in [2.05, 4.69) is 5.32 Å². The van der Waals surface area contributed by atoms with E-state index in [0.29, 0.717) is 0 Å². The standard InChI is InChI=1S/C9H19NO4/c1-6(14-9(2,3)4)7(5-11)10-8(12)13/h6-7,10-11H,5H2,1-4H3,(H,12,13)/t6-,7+/m0/s1. The highest BCUT2D eigenvalue weighted by Crippen LogP contribution is 2.12. The fourth-order valence-corrected chi connectivity index (χ4v) is 1.11. The van der Waals surface area contributed by atoms with Crippen LogP contribution in [0.4, 0.5) is 4.79 Å². The Morgan fingerprint density at radius 2 is 2.00 bits per heavy atom. The molecule has 0 rings (SSSR count). The van der Waals surface area contributed by atoms with Gasteiger partial charge < -0.3 is 20.3 Å². The first kappa shape index (κ1) is 13.2. The van der Waals surface area contributed by atoms with Crippen molar-refractivity contribution in [1.82, 2.24) is 5.32 Å². The van der Waals surface area contributed by atoms with E-state index in [1.807, 2.05) is 20.8 Å². The average molecular weight is 205 g/mol. The second kappa shape index (κ2) is 5.17. The van der Waals surface area contributed by atoms with Crippen molar-refractivity contribution in [2.45, 2.75) is 45.4 Å². The molecular formula is C9H19NO4. The van der Waals surface area contributed by atoms with Crippen molar-refractivity contribution in [2.75, 3.05) is 6.61 Å². The maximum absolute atomic E-state index is 10.4. The largest absolute Gasteiger partial charge is 0.465 e. The zero-order valence-corrected chi connectivity index (χ0v) is 9.07. The van der Waals surface area contributed by atoms with E-state index in [0.717, 1.165) is 0 Å². The number of amides is 1. The van der Waals surface area contributed by atoms with Crippen molar-refractivity contribution in [2.24, 2.45) is 0 Å². The van der Waals surface area contributed by atoms with E-state index in [1.54, 1.807) is 6.92 Å². The highest BCUT2D eigenvalue weighted by Gasteiger charge is 2.23. The normalized spacial score (nSPS) is 16.1. The second-order valence-corrected chi connectivity index (χ2v) is 4.17. The SMILES string of the molecule is C[C@H](OC(C)(C)C)[C@@H](CO)NC(=O)O. The van der Waals surface area contributed by atoms with E-state index in [-0.39, 0.29) is 18.3 Å². The Labute approximate surface area is 84.1 Å². The summed E-state index contributed by atoms with van der Waals surface area (Å²) in [5.74, 6) is 0. The molecule has 2 atom stereocenters. The van der Waals surface area contributed by atoms with Gasteiger partial charge in [-0.3, -0.25) is 0 Å². The van der Waals surface area contributed by atoms with Gasteiger partial charge in [-0.05, 0) is 27.7 Å². The van der Waals surface area contributed by atoms with Gasteiger partial charge in [0.1, 0.15) is 0 Å². The Balaban J connectivity index is 4.17. The molecule has 5 nitrogen and oxygen atoms in total. The first-order valence-corrected chi connectivity index (χ1v) is 4.54. The van der Waals surface area contributed by atoms with Gasteiger partial charge in [0.25, 0.3) is 0 Å². The van der Waals surface area contributed by atoms with Crippen molar-refractivity contribution >= 4 is 6.09 Å². The number of aliphatic hydroxyl groups is 1. The Bertz CT molecular complexity index is 188. The Kier molecular flexibility index (Phi) is 4.87. The molecule has 0 fully saturated rings. The van der Waals surface area contributed by atoms with Crippen LogP contribution in [0.25, 0.3) is 0 Å². The summed E-state index contributed by atoms with van der Waals surface area (Å²) >= 11 is 0. The van der Waals surface area contributed by atoms with Gasteiger partial charge in [0.15, 0.2) is 0 Å². The van der Waals surface area contributed by atoms with Crippen LogP contribution in [0.3, 0.4) is 0 Å². The second-order valence-electron chi connectivity index (χ2n) is 4.17. The van der Waals surface area contributed by atoms with Gasteiger partial charge in [0, 0.05) is 0 Å². The molecule has 0 saturated carbocycles. The summed E-state index contributed by atoms with van der Waals surface area (Å²) in [6, 6.07) is -0.591. The zero-order chi connectivity index (χ0) is 11.4. The summed E-state index contributed by atoms with van der Waals surface area (Å²) < 4.78 is 5.51. The Morgan fingerprint density at radius 1 is 1.50 bits per heavy atom. The van der Waals surface area contributed by atoms with Gasteiger partial charge >= 0.3 is 6.09 Å². The lowest BCUT2D eigenvalue weighted by molar-refractivity contribution is -0.0717. The number of rotatable bonds is 4. The van der Waals surface area contributed by atoms with Crippen molar-refractivity contribution in [3.63, 3.8) is 0 Å². The maximum atomic E-state index is 10.4. The quantitative estimate of drug-likeness (QED) is 0.635. The molecular weight excluding hydrogens is 186 g/mol. The van der Waals surface area contributed by atoms with Crippen molar-refractivity contribution < 1.29 is 19.7 Å². The summed E-state index contributed by atoms with van der Waals surface area (Å²) in [7, 11) is 0. The zero-order valence-electron chi connectivity index (χ0n) is 9.07. The van der Waals surface area contributed by atoms with Gasteiger partial charge in [-0.1, -0.05) is 0 Å². The molecule has 84 valence electrons. The van der Waals surface area contributed by atoms with Crippen molar-refractivity contribution in [3.8, 4) is 0 Å². The molecule has 0 saturated heterocycles. The monoisotopic (exact) mass is 205 g/mol. The minimum atomic E-state index is -1.16. The minimum absolute atomic E-state index is 0.274. The lowest BCUT2D eigenvalue weighted by Crippen LogP contribution is -2.47. The molecule has 3 N–H and O–H groups in total. The predicted molar refractivity (Wildman–Crippen MR) is 52.3 cm³/mol. The molecule has 0 radical (unpaired) electrons. The summed E-state index contributed by atoms with van der Waals surface area (Å²) in [4.78, 5) is 10.4. The smallest absolute Gasteiger partial charge is 0.405 e. The molecule has 0 bridgehead atoms. The van der Waals surface area contributed by atoms with Gasteiger partial charge in [0.2, 0.25) is 0 Å². The summed E-state index contributed by atoms with van der Waals surface area (Å²) in [5.41, 5.74) is -0.354. The molecule has 1 amide bonds. The molecule has 0 aromatic heterocycles. The lowest BCUT2D eigenvalue weighted by atomic mass is 10.1. The first-order valence-electron chi connectivity index (χ1n) is 4.54. The van der Waals surface area contributed by atoms with Crippen LogP contribution in [0.2, 0.25) is 0 Å². The van der Waals surface area contributed by atoms with Gasteiger partial charge in [-0.2, -0.15) is 0 Å². The summed E-state index contributed by atoms with van der Waals surface area (Å²) in [6.07, 6.45) is -1.52. The molecule has 0 aliphatic rings. The molecule has 14 heavy (non-hydrogen) atoms. The highest BCUT2D eigenvalue weighted by molar-refractivity contribution is 5.64. The van der Waals surface area contributed by atoms with E-state index in [9.17, 15) is 4.79 Å². The number of hydrogen-bond donors (Lipinski definition) is 3. The maximum Gasteiger partial charge on any atom is 0.405 e. The molecule has 0 aliphatic heterocycles. The van der Waals surface area contributed by atoms with Gasteiger partial charge in [0.05, 0.1) is 24.4 Å². The van der Waals surface area contributed by atoms with Crippen LogP contribution in [0.1, 0.15) is 27.7 Å². The molecule has 0 heterocycles. The Hall–Kier alpha value is -0.810. The van der Waals surface area contributed by atoms with Gasteiger partial charge in [-0.25, -0.2) is 4.79 Å². The van der Waals surface area contributed by atoms with Crippen LogP contribution < -0.4 is 5.32 Å². The predicted octanol–water partition coefficient (Wildman–Crippen LogP) is 0.819. The molecule has 0 aliphatic carbocycles. The number of ether oxygens (including phenoxy) is 1. The van der Waals surface area contributed by atoms with Crippen LogP contribution in [-0.4, -0.2) is 40.7 Å². The fraction of sp³-hybridized carbons (Fsp3) is 0.889. The van der Waals surface area contributed by atoms with E-state index >= 15 is 0 Å². The number of carbonyl (C=O) groups is 1. The van der Waals surface area contributed by atoms with E-state index in [1.165, 1.54) is 0 Å². The number of nitrogens with one attached hydrogen (secondary N) is 1. The van der Waals surface area contributed by atoms with E-state index in [4.69, 9.17) is 14.9 Å². The third-order valence-electron chi connectivity index (χ3n) is 1.61. The summed E-state index contributed by atoms with van der Waals surface area (Å²) in [6.45, 7) is 7.07. The van der Waals surface area contributed by atoms with Gasteiger partial charge in [-0.15, -0.1) is 0 Å². The number of aliphatic hydroxyl groups excluding tert-OH is 1.